The van der Waals surface area contributed by atoms with E-state index in [-0.39, 0.29) is 0 Å². The van der Waals surface area contributed by atoms with Crippen LogP contribution >= 0.6 is 23.3 Å². The lowest BCUT2D eigenvalue weighted by Crippen LogP contribution is -2.30. The third-order valence-corrected chi connectivity index (χ3v) is 14.8. The number of aryl methyl sites for hydroxylation is 3. The first-order chi connectivity index (χ1) is 43.4. The molecule has 0 spiro atoms. The number of benzene rings is 8. The molecule has 6 heteroatoms. The number of fused-ring (bicyclic) bond motifs is 1. The molecule has 1 aromatic heterocycles. The maximum absolute atomic E-state index is 5.04. The number of nitrogens with zero attached hydrogens (tertiary/aromatic N) is 4. The molecule has 8 aromatic carbocycles. The van der Waals surface area contributed by atoms with Crippen LogP contribution in [0, 0.1) is 20.8 Å². The lowest BCUT2D eigenvalue weighted by atomic mass is 9.86. The maximum Gasteiger partial charge on any atom is 0.132 e. The summed E-state index contributed by atoms with van der Waals surface area (Å²) in [4.78, 5) is 16.8. The van der Waals surface area contributed by atoms with Gasteiger partial charge in [-0.1, -0.05) is 282 Å². The van der Waals surface area contributed by atoms with Crippen LogP contribution in [0.3, 0.4) is 0 Å². The number of thiol groups is 2. The summed E-state index contributed by atoms with van der Waals surface area (Å²) in [6.45, 7) is 31.6. The first kappa shape index (κ1) is 68.8. The van der Waals surface area contributed by atoms with Crippen molar-refractivity contribution in [2.45, 2.75) is 75.2 Å². The zero-order chi connectivity index (χ0) is 64.1. The fourth-order valence-electron chi connectivity index (χ4n) is 10.3. The third-order valence-electron chi connectivity index (χ3n) is 14.8. The molecule has 0 atom stereocenters. The van der Waals surface area contributed by atoms with Crippen LogP contribution in [0.5, 0.6) is 0 Å². The molecule has 0 bridgehead atoms. The van der Waals surface area contributed by atoms with E-state index in [9.17, 15) is 0 Å². The Morgan fingerprint density at radius 3 is 1.85 bits per heavy atom. The number of hydrogen-bond donors (Lipinski definition) is 2. The van der Waals surface area contributed by atoms with E-state index in [1.807, 2.05) is 86.9 Å². The topological polar surface area (TPSA) is 40.9 Å². The van der Waals surface area contributed by atoms with Crippen LogP contribution in [-0.2, 0) is 0 Å². The Morgan fingerprint density at radius 2 is 1.26 bits per heavy atom. The van der Waals surface area contributed by atoms with E-state index >= 15 is 0 Å². The number of hydrogen-bond acceptors (Lipinski definition) is 6. The van der Waals surface area contributed by atoms with Gasteiger partial charge in [0, 0.05) is 42.0 Å². The van der Waals surface area contributed by atoms with Gasteiger partial charge in [-0.05, 0) is 162 Å². The normalized spacial score (nSPS) is 12.6. The van der Waals surface area contributed by atoms with Crippen molar-refractivity contribution in [2.75, 3.05) is 7.05 Å². The Kier molecular flexibility index (Phi) is 27.9. The predicted octanol–water partition coefficient (Wildman–Crippen LogP) is 22.0. The zero-order valence-electron chi connectivity index (χ0n) is 53.6. The third kappa shape index (κ3) is 19.1. The molecule has 9 aromatic rings. The standard InChI is InChI=1S/C56H48N2.C18H22N2.C7H8.C2H6.H2S2/c1-8-11-21-42(10-3)56-50-31-29-48(53-32-30-49(37-57-53)47-28-27-39(5)54(36-47)58-41(7)43-22-14-12-15-23-43)35-52(50)55(44-24-16-13-17-25-44)40(6)51(56)34-45(19-9-2)46-26-18-20-38(4)33-46;1-4-9-17(16-11-6-5-7-12-16)20(3)18-14-15(2)10-8-13-19-18;1-7-5-3-2-4-6-7;2*1-2/h8-37H,1-2,6H2,3-5,7H3;5-9,11-14H,4,10H2,1-3H3;2-6H,1H3;1-2H3;1-2H/b21-11-,42-10+,45-19+,51-34+,58-41?;17-9-;;;. The first-order valence-electron chi connectivity index (χ1n) is 30.4. The summed E-state index contributed by atoms with van der Waals surface area (Å²) in [5.74, 6) is 0.986. The molecule has 450 valence electrons. The minimum absolute atomic E-state index is 0.895. The highest BCUT2D eigenvalue weighted by atomic mass is 33.1. The van der Waals surface area contributed by atoms with Gasteiger partial charge >= 0.3 is 0 Å². The van der Waals surface area contributed by atoms with Gasteiger partial charge in [-0.2, -0.15) is 0 Å². The summed E-state index contributed by atoms with van der Waals surface area (Å²) < 4.78 is 0. The molecule has 1 aliphatic heterocycles. The van der Waals surface area contributed by atoms with Crippen molar-refractivity contribution < 1.29 is 0 Å². The second kappa shape index (κ2) is 36.1. The first-order valence-corrected chi connectivity index (χ1v) is 32.0. The predicted molar refractivity (Wildman–Crippen MR) is 401 cm³/mol. The molecule has 0 unspecified atom stereocenters. The molecule has 0 amide bonds. The Labute approximate surface area is 542 Å². The molecular formula is C83H86N4S2. The van der Waals surface area contributed by atoms with Crippen molar-refractivity contribution in [3.8, 4) is 33.5 Å². The Bertz CT molecular complexity index is 4170. The zero-order valence-corrected chi connectivity index (χ0v) is 55.4. The number of aromatic nitrogens is 1. The van der Waals surface area contributed by atoms with Crippen molar-refractivity contribution in [1.29, 1.82) is 0 Å². The molecule has 0 radical (unpaired) electrons. The van der Waals surface area contributed by atoms with Crippen LogP contribution < -0.4 is 10.4 Å². The van der Waals surface area contributed by atoms with Gasteiger partial charge in [0.25, 0.3) is 0 Å². The summed E-state index contributed by atoms with van der Waals surface area (Å²) in [5.41, 5.74) is 21.1. The summed E-state index contributed by atoms with van der Waals surface area (Å²) in [7, 11) is 2.08. The fraction of sp³-hybridized carbons (Fsp3) is 0.145. The SMILES string of the molecule is C=C/C=C\C(=C/C)c1/c(=C/C(=C\C=C)c2cccc(C)c2)c(=C)c(-c2ccccc2)c2cc(-c3ccc(-c4ccc(C)c(N=C(C)c5ccccc5)c4)cn3)ccc12.CC.CC/C=C(/c1ccccc1)N(C)C1=NC=CCC(C)=C1.Cc1ccccc1.SS. The lowest BCUT2D eigenvalue weighted by molar-refractivity contribution is 0.718. The van der Waals surface area contributed by atoms with E-state index in [1.165, 1.54) is 28.0 Å². The highest BCUT2D eigenvalue weighted by Gasteiger charge is 2.18. The van der Waals surface area contributed by atoms with Crippen LogP contribution in [0.25, 0.3) is 73.8 Å². The Hall–Kier alpha value is -9.33. The van der Waals surface area contributed by atoms with E-state index in [0.29, 0.717) is 0 Å². The molecule has 4 nitrogen and oxygen atoms in total. The van der Waals surface area contributed by atoms with Gasteiger partial charge in [-0.15, -0.1) is 23.3 Å². The average Bonchev–Trinajstić information content (AvgIpc) is 0.949. The highest BCUT2D eigenvalue weighted by Crippen LogP contribution is 2.35. The van der Waals surface area contributed by atoms with E-state index in [4.69, 9.17) is 16.6 Å². The van der Waals surface area contributed by atoms with Gasteiger partial charge in [-0.3, -0.25) is 9.98 Å². The molecule has 89 heavy (non-hydrogen) atoms. The van der Waals surface area contributed by atoms with E-state index < -0.39 is 0 Å². The van der Waals surface area contributed by atoms with Crippen LogP contribution in [0.1, 0.15) is 93.3 Å². The van der Waals surface area contributed by atoms with Gasteiger partial charge in [0.2, 0.25) is 0 Å². The second-order valence-corrected chi connectivity index (χ2v) is 21.1. The lowest BCUT2D eigenvalue weighted by Gasteiger charge is -2.23. The summed E-state index contributed by atoms with van der Waals surface area (Å²) in [6, 6.07) is 67.6. The summed E-state index contributed by atoms with van der Waals surface area (Å²) in [6.07, 6.45) is 26.6. The largest absolute Gasteiger partial charge is 0.329 e. The quantitative estimate of drug-likeness (QED) is 0.0493. The van der Waals surface area contributed by atoms with Crippen LogP contribution in [0.4, 0.5) is 5.69 Å². The van der Waals surface area contributed by atoms with Crippen LogP contribution in [-0.4, -0.2) is 28.5 Å². The highest BCUT2D eigenvalue weighted by molar-refractivity contribution is 8.59. The van der Waals surface area contributed by atoms with Gasteiger partial charge < -0.3 is 4.90 Å². The van der Waals surface area contributed by atoms with Crippen molar-refractivity contribution in [3.63, 3.8) is 0 Å². The fourth-order valence-corrected chi connectivity index (χ4v) is 10.3. The van der Waals surface area contributed by atoms with E-state index in [0.717, 1.165) is 118 Å². The van der Waals surface area contributed by atoms with Crippen molar-refractivity contribution in [1.82, 2.24) is 9.88 Å². The molecule has 0 saturated carbocycles. The molecule has 1 aliphatic rings. The molecule has 0 saturated heterocycles. The maximum atomic E-state index is 5.04. The summed E-state index contributed by atoms with van der Waals surface area (Å²) >= 11 is 6.44. The van der Waals surface area contributed by atoms with Gasteiger partial charge in [0.1, 0.15) is 5.84 Å². The monoisotopic (exact) mass is 1200 g/mol. The van der Waals surface area contributed by atoms with Gasteiger partial charge in [0.15, 0.2) is 0 Å². The Morgan fingerprint density at radius 1 is 0.640 bits per heavy atom. The second-order valence-electron chi connectivity index (χ2n) is 21.1. The van der Waals surface area contributed by atoms with E-state index in [1.54, 1.807) is 0 Å². The average molecular weight is 1200 g/mol. The molecule has 0 fully saturated rings. The minimum atomic E-state index is 0.895. The number of pyridine rings is 1. The van der Waals surface area contributed by atoms with Crippen molar-refractivity contribution >= 4 is 80.8 Å². The number of rotatable bonds is 14. The summed E-state index contributed by atoms with van der Waals surface area (Å²) in [5, 5.41) is 4.24. The molecule has 2 heterocycles. The molecule has 0 N–H and O–H groups in total. The number of allylic oxidation sites excluding steroid dienone is 11. The Balaban J connectivity index is 0.000000333. The number of amidine groups is 1. The van der Waals surface area contributed by atoms with Gasteiger partial charge in [-0.25, -0.2) is 4.99 Å². The smallest absolute Gasteiger partial charge is 0.132 e. The number of likely N-dealkylation sites (N-methyl/N-ethyl adjacent to an activating group) is 1. The molecule has 0 aliphatic carbocycles. The minimum Gasteiger partial charge on any atom is -0.329 e. The van der Waals surface area contributed by atoms with Gasteiger partial charge in [0.05, 0.1) is 11.4 Å². The number of aliphatic imine (C=N–C) groups is 2. The van der Waals surface area contributed by atoms with E-state index in [2.05, 4.69) is 296 Å². The van der Waals surface area contributed by atoms with Crippen molar-refractivity contribution in [3.05, 3.63) is 329 Å². The van der Waals surface area contributed by atoms with Crippen molar-refractivity contribution in [2.24, 2.45) is 9.98 Å². The molecule has 10 rings (SSSR count). The van der Waals surface area contributed by atoms with Crippen LogP contribution in [0.15, 0.2) is 290 Å². The molecular weight excluding hydrogens is 1120 g/mol. The van der Waals surface area contributed by atoms with Crippen LogP contribution in [0.2, 0.25) is 0 Å².